The first-order chi connectivity index (χ1) is 16.4. The van der Waals surface area contributed by atoms with Crippen LogP contribution in [0.15, 0.2) is 18.3 Å². The van der Waals surface area contributed by atoms with Gasteiger partial charge in [-0.2, -0.15) is 4.98 Å². The molecular weight excluding hydrogens is 497 g/mol. The number of nitrogens with one attached hydrogen (secondary N) is 2. The third-order valence-corrected chi connectivity index (χ3v) is 7.73. The molecule has 2 aliphatic rings. The molecule has 8 nitrogen and oxygen atoms in total. The Balaban J connectivity index is 1.51. The van der Waals surface area contributed by atoms with Gasteiger partial charge >= 0.3 is 0 Å². The topological polar surface area (TPSA) is 111 Å². The van der Waals surface area contributed by atoms with E-state index in [1.165, 1.54) is 19.3 Å². The normalized spacial score (nSPS) is 20.8. The fourth-order valence-electron chi connectivity index (χ4n) is 4.73. The number of carbonyl (C=O) groups is 1. The van der Waals surface area contributed by atoms with Crippen molar-refractivity contribution >= 4 is 69.5 Å². The van der Waals surface area contributed by atoms with E-state index >= 15 is 0 Å². The molecule has 2 saturated carbocycles. The quantitative estimate of drug-likeness (QED) is 0.353. The number of amides is 1. The number of imidazole rings is 1. The predicted molar refractivity (Wildman–Crippen MR) is 136 cm³/mol. The van der Waals surface area contributed by atoms with E-state index in [-0.39, 0.29) is 17.9 Å². The van der Waals surface area contributed by atoms with Crippen LogP contribution in [0.4, 0.5) is 17.6 Å². The second-order valence-corrected chi connectivity index (χ2v) is 10.4. The maximum absolute atomic E-state index is 11.7. The maximum atomic E-state index is 11.7. The second kappa shape index (κ2) is 9.76. The Morgan fingerprint density at radius 2 is 1.76 bits per heavy atom. The highest BCUT2D eigenvalue weighted by molar-refractivity contribution is 6.41. The number of carbonyl (C=O) groups excluding carboxylic acids is 1. The Morgan fingerprint density at radius 3 is 2.38 bits per heavy atom. The summed E-state index contributed by atoms with van der Waals surface area (Å²) in [6, 6.07) is 3.34. The van der Waals surface area contributed by atoms with Gasteiger partial charge in [-0.3, -0.25) is 9.36 Å². The SMILES string of the molecule is NC(=O)C1CCC(n2c(Nc3c(Cl)cc(Cl)cc3Cl)nc3cnc(NCC4CCC4)nc32)CC1. The van der Waals surface area contributed by atoms with Crippen molar-refractivity contribution in [3.63, 3.8) is 0 Å². The second-order valence-electron chi connectivity index (χ2n) is 9.16. The molecule has 0 aliphatic heterocycles. The molecule has 0 bridgehead atoms. The van der Waals surface area contributed by atoms with Gasteiger partial charge in [-0.15, -0.1) is 0 Å². The van der Waals surface area contributed by atoms with E-state index in [1.54, 1.807) is 18.3 Å². The van der Waals surface area contributed by atoms with E-state index in [4.69, 9.17) is 50.5 Å². The molecule has 4 N–H and O–H groups in total. The number of aromatic nitrogens is 4. The highest BCUT2D eigenvalue weighted by atomic mass is 35.5. The molecule has 2 aromatic heterocycles. The van der Waals surface area contributed by atoms with Gasteiger partial charge < -0.3 is 16.4 Å². The summed E-state index contributed by atoms with van der Waals surface area (Å²) in [4.78, 5) is 25.7. The highest BCUT2D eigenvalue weighted by Crippen LogP contribution is 2.40. The summed E-state index contributed by atoms with van der Waals surface area (Å²) in [7, 11) is 0. The Hall–Kier alpha value is -2.29. The number of primary amides is 1. The van der Waals surface area contributed by atoms with E-state index in [0.717, 1.165) is 37.9 Å². The lowest BCUT2D eigenvalue weighted by molar-refractivity contribution is -0.122. The van der Waals surface area contributed by atoms with Crippen molar-refractivity contribution < 1.29 is 4.79 Å². The molecule has 0 atom stereocenters. The zero-order chi connectivity index (χ0) is 23.8. The molecule has 0 saturated heterocycles. The van der Waals surface area contributed by atoms with Crippen LogP contribution in [0.25, 0.3) is 11.2 Å². The number of fused-ring (bicyclic) bond motifs is 1. The van der Waals surface area contributed by atoms with Gasteiger partial charge in [0, 0.05) is 23.5 Å². The van der Waals surface area contributed by atoms with E-state index < -0.39 is 0 Å². The van der Waals surface area contributed by atoms with Gasteiger partial charge in [0.1, 0.15) is 5.52 Å². The zero-order valence-corrected chi connectivity index (χ0v) is 20.8. The molecule has 5 rings (SSSR count). The molecular formula is C23H26Cl3N7O. The average Bonchev–Trinajstić information content (AvgIpc) is 3.12. The van der Waals surface area contributed by atoms with Gasteiger partial charge in [0.2, 0.25) is 17.8 Å². The van der Waals surface area contributed by atoms with Crippen molar-refractivity contribution in [1.82, 2.24) is 19.5 Å². The van der Waals surface area contributed by atoms with Gasteiger partial charge in [0.25, 0.3) is 0 Å². The van der Waals surface area contributed by atoms with Crippen molar-refractivity contribution in [2.75, 3.05) is 17.2 Å². The van der Waals surface area contributed by atoms with Crippen LogP contribution >= 0.6 is 34.8 Å². The molecule has 1 aromatic carbocycles. The number of nitrogens with two attached hydrogens (primary N) is 1. The van der Waals surface area contributed by atoms with Gasteiger partial charge in [-0.1, -0.05) is 41.2 Å². The van der Waals surface area contributed by atoms with E-state index in [2.05, 4.69) is 20.2 Å². The fourth-order valence-corrected chi connectivity index (χ4v) is 5.65. The Bertz CT molecular complexity index is 1200. The number of benzene rings is 1. The van der Waals surface area contributed by atoms with Gasteiger partial charge in [0.05, 0.1) is 21.9 Å². The highest BCUT2D eigenvalue weighted by Gasteiger charge is 2.29. The van der Waals surface area contributed by atoms with Crippen molar-refractivity contribution in [1.29, 1.82) is 0 Å². The summed E-state index contributed by atoms with van der Waals surface area (Å²) < 4.78 is 2.07. The minimum absolute atomic E-state index is 0.0855. The molecule has 3 aromatic rings. The number of anilines is 3. The summed E-state index contributed by atoms with van der Waals surface area (Å²) in [6.45, 7) is 0.866. The maximum Gasteiger partial charge on any atom is 0.224 e. The molecule has 2 fully saturated rings. The molecule has 1 amide bonds. The van der Waals surface area contributed by atoms with Crippen LogP contribution in [0.5, 0.6) is 0 Å². The van der Waals surface area contributed by atoms with Crippen LogP contribution in [-0.4, -0.2) is 32.0 Å². The van der Waals surface area contributed by atoms with Crippen molar-refractivity contribution in [2.45, 2.75) is 51.0 Å². The Kier molecular flexibility index (Phi) is 6.73. The number of hydrogen-bond donors (Lipinski definition) is 3. The minimum Gasteiger partial charge on any atom is -0.369 e. The van der Waals surface area contributed by atoms with Crippen molar-refractivity contribution in [2.24, 2.45) is 17.6 Å². The smallest absolute Gasteiger partial charge is 0.224 e. The summed E-state index contributed by atoms with van der Waals surface area (Å²) in [6.07, 6.45) is 8.51. The van der Waals surface area contributed by atoms with Gasteiger partial charge in [-0.25, -0.2) is 9.97 Å². The number of hydrogen-bond acceptors (Lipinski definition) is 6. The summed E-state index contributed by atoms with van der Waals surface area (Å²) >= 11 is 19.0. The van der Waals surface area contributed by atoms with Crippen LogP contribution < -0.4 is 16.4 Å². The minimum atomic E-state index is -0.239. The lowest BCUT2D eigenvalue weighted by atomic mass is 9.85. The zero-order valence-electron chi connectivity index (χ0n) is 18.5. The first kappa shape index (κ1) is 23.5. The van der Waals surface area contributed by atoms with Gasteiger partial charge in [0.15, 0.2) is 5.65 Å². The molecule has 0 spiro atoms. The molecule has 11 heteroatoms. The van der Waals surface area contributed by atoms with Crippen LogP contribution in [0, 0.1) is 11.8 Å². The van der Waals surface area contributed by atoms with Crippen molar-refractivity contribution in [3.05, 3.63) is 33.4 Å². The van der Waals surface area contributed by atoms with E-state index in [0.29, 0.717) is 44.1 Å². The average molecular weight is 523 g/mol. The third kappa shape index (κ3) is 4.76. The van der Waals surface area contributed by atoms with Crippen LogP contribution in [-0.2, 0) is 4.79 Å². The van der Waals surface area contributed by atoms with E-state index in [9.17, 15) is 4.79 Å². The standard InChI is InChI=1S/C23H26Cl3N7O/c24-14-8-16(25)19(17(26)9-14)31-23-30-18-11-29-22(28-10-12-2-1-3-12)32-21(18)33(23)15-6-4-13(5-7-15)20(27)34/h8-9,11-13,15H,1-7,10H2,(H2,27,34)(H,30,31)(H,28,29,32). The molecule has 0 unspecified atom stereocenters. The predicted octanol–water partition coefficient (Wildman–Crippen LogP) is 5.96. The van der Waals surface area contributed by atoms with Gasteiger partial charge in [-0.05, 0) is 56.6 Å². The van der Waals surface area contributed by atoms with Crippen LogP contribution in [0.2, 0.25) is 15.1 Å². The van der Waals surface area contributed by atoms with Crippen LogP contribution in [0.3, 0.4) is 0 Å². The monoisotopic (exact) mass is 521 g/mol. The lowest BCUT2D eigenvalue weighted by Gasteiger charge is -2.29. The largest absolute Gasteiger partial charge is 0.369 e. The lowest BCUT2D eigenvalue weighted by Crippen LogP contribution is -2.28. The Labute approximate surface area is 212 Å². The summed E-state index contributed by atoms with van der Waals surface area (Å²) in [5, 5.41) is 7.90. The summed E-state index contributed by atoms with van der Waals surface area (Å²) in [5.41, 5.74) is 7.46. The fraction of sp³-hybridized carbons (Fsp3) is 0.478. The van der Waals surface area contributed by atoms with Crippen molar-refractivity contribution in [3.8, 4) is 0 Å². The Morgan fingerprint density at radius 1 is 1.06 bits per heavy atom. The molecule has 34 heavy (non-hydrogen) atoms. The third-order valence-electron chi connectivity index (χ3n) is 6.91. The number of rotatable bonds is 7. The van der Waals surface area contributed by atoms with E-state index in [1.807, 2.05) is 0 Å². The summed E-state index contributed by atoms with van der Waals surface area (Å²) in [5.74, 6) is 1.49. The first-order valence-corrected chi connectivity index (χ1v) is 12.7. The molecule has 2 aliphatic carbocycles. The first-order valence-electron chi connectivity index (χ1n) is 11.6. The molecule has 2 heterocycles. The number of halogens is 3. The molecule has 0 radical (unpaired) electrons. The van der Waals surface area contributed by atoms with Crippen LogP contribution in [0.1, 0.15) is 51.0 Å². The number of nitrogens with zero attached hydrogens (tertiary/aromatic N) is 4. The molecule has 180 valence electrons.